The fourth-order valence-corrected chi connectivity index (χ4v) is 2.63. The van der Waals surface area contributed by atoms with Gasteiger partial charge in [-0.05, 0) is 41.8 Å². The minimum atomic E-state index is -0.426. The Morgan fingerprint density at radius 2 is 1.74 bits per heavy atom. The molecule has 0 saturated carbocycles. The van der Waals surface area contributed by atoms with Gasteiger partial charge < -0.3 is 14.4 Å². The van der Waals surface area contributed by atoms with Gasteiger partial charge in [-0.25, -0.2) is 0 Å². The van der Waals surface area contributed by atoms with E-state index in [9.17, 15) is 9.59 Å². The van der Waals surface area contributed by atoms with Gasteiger partial charge in [-0.15, -0.1) is 0 Å². The highest BCUT2D eigenvalue weighted by Gasteiger charge is 2.22. The third-order valence-electron chi connectivity index (χ3n) is 4.27. The number of hydrogen-bond acceptors (Lipinski definition) is 5. The smallest absolute Gasteiger partial charge is 0.310 e. The third kappa shape index (κ3) is 6.40. The summed E-state index contributed by atoms with van der Waals surface area (Å²) in [6.07, 6.45) is 4.30. The number of rotatable bonds is 9. The minimum absolute atomic E-state index is 0.0928. The van der Waals surface area contributed by atoms with Crippen molar-refractivity contribution in [1.82, 2.24) is 9.88 Å². The number of pyridine rings is 1. The van der Waals surface area contributed by atoms with Crippen LogP contribution in [0.25, 0.3) is 0 Å². The van der Waals surface area contributed by atoms with Crippen LogP contribution in [0.2, 0.25) is 0 Å². The van der Waals surface area contributed by atoms with E-state index in [2.05, 4.69) is 11.9 Å². The predicted molar refractivity (Wildman–Crippen MR) is 102 cm³/mol. The van der Waals surface area contributed by atoms with Crippen molar-refractivity contribution in [2.45, 2.75) is 26.8 Å². The number of hydrogen-bond donors (Lipinski definition) is 0. The summed E-state index contributed by atoms with van der Waals surface area (Å²) in [5.74, 6) is -0.323. The number of aromatic nitrogens is 1. The van der Waals surface area contributed by atoms with Gasteiger partial charge in [0.2, 0.25) is 0 Å². The molecule has 1 heterocycles. The number of benzene rings is 1. The predicted octanol–water partition coefficient (Wildman–Crippen LogP) is 2.86. The number of aryl methyl sites for hydroxylation is 1. The highest BCUT2D eigenvalue weighted by atomic mass is 16.5. The molecule has 0 saturated heterocycles. The van der Waals surface area contributed by atoms with Crippen LogP contribution in [0.5, 0.6) is 5.75 Å². The van der Waals surface area contributed by atoms with Crippen LogP contribution in [0.1, 0.15) is 25.0 Å². The fourth-order valence-electron chi connectivity index (χ4n) is 2.63. The van der Waals surface area contributed by atoms with Crippen molar-refractivity contribution in [2.24, 2.45) is 5.92 Å². The van der Waals surface area contributed by atoms with Crippen LogP contribution in [0.15, 0.2) is 48.8 Å². The van der Waals surface area contributed by atoms with E-state index in [1.165, 1.54) is 12.7 Å². The van der Waals surface area contributed by atoms with Crippen molar-refractivity contribution >= 4 is 11.9 Å². The first kappa shape index (κ1) is 20.4. The van der Waals surface area contributed by atoms with E-state index in [0.29, 0.717) is 12.3 Å². The molecule has 144 valence electrons. The molecule has 0 aliphatic carbocycles. The first-order chi connectivity index (χ1) is 13.0. The number of amides is 1. The molecular weight excluding hydrogens is 344 g/mol. The highest BCUT2D eigenvalue weighted by molar-refractivity contribution is 5.79. The summed E-state index contributed by atoms with van der Waals surface area (Å²) < 4.78 is 10.4. The zero-order valence-corrected chi connectivity index (χ0v) is 16.1. The van der Waals surface area contributed by atoms with Gasteiger partial charge in [0.15, 0.2) is 6.61 Å². The van der Waals surface area contributed by atoms with Crippen LogP contribution in [0.4, 0.5) is 0 Å². The zero-order chi connectivity index (χ0) is 19.6. The average Bonchev–Trinajstić information content (AvgIpc) is 2.71. The zero-order valence-electron chi connectivity index (χ0n) is 16.1. The largest absolute Gasteiger partial charge is 0.484 e. The van der Waals surface area contributed by atoms with Gasteiger partial charge in [0.1, 0.15) is 5.75 Å². The molecule has 0 N–H and O–H groups in total. The Morgan fingerprint density at radius 3 is 2.33 bits per heavy atom. The molecule has 0 bridgehead atoms. The Bertz CT molecular complexity index is 732. The maximum Gasteiger partial charge on any atom is 0.310 e. The summed E-state index contributed by atoms with van der Waals surface area (Å²) in [4.78, 5) is 30.1. The first-order valence-corrected chi connectivity index (χ1v) is 8.99. The van der Waals surface area contributed by atoms with Gasteiger partial charge in [0.05, 0.1) is 13.0 Å². The molecule has 2 aromatic rings. The maximum absolute atomic E-state index is 12.7. The number of methoxy groups -OCH3 is 1. The van der Waals surface area contributed by atoms with Crippen LogP contribution in [-0.2, 0) is 27.3 Å². The molecule has 1 atom stereocenters. The minimum Gasteiger partial charge on any atom is -0.484 e. The summed E-state index contributed by atoms with van der Waals surface area (Å²) in [6.45, 7) is 4.36. The van der Waals surface area contributed by atoms with Gasteiger partial charge in [0, 0.05) is 25.5 Å². The van der Waals surface area contributed by atoms with Crippen molar-refractivity contribution in [3.8, 4) is 5.75 Å². The number of esters is 1. The second kappa shape index (κ2) is 10.3. The molecule has 1 amide bonds. The fraction of sp³-hybridized carbons (Fsp3) is 0.381. The van der Waals surface area contributed by atoms with E-state index in [1.54, 1.807) is 24.2 Å². The monoisotopic (exact) mass is 370 g/mol. The Balaban J connectivity index is 2.03. The summed E-state index contributed by atoms with van der Waals surface area (Å²) >= 11 is 0. The highest BCUT2D eigenvalue weighted by Crippen LogP contribution is 2.14. The van der Waals surface area contributed by atoms with Crippen molar-refractivity contribution in [3.05, 3.63) is 59.9 Å². The van der Waals surface area contributed by atoms with Crippen LogP contribution >= 0.6 is 0 Å². The molecule has 1 aromatic carbocycles. The lowest BCUT2D eigenvalue weighted by atomic mass is 10.1. The van der Waals surface area contributed by atoms with Crippen molar-refractivity contribution in [1.29, 1.82) is 0 Å². The van der Waals surface area contributed by atoms with Crippen LogP contribution in [0, 0.1) is 5.92 Å². The number of carbonyl (C=O) groups excluding carboxylic acids is 2. The van der Waals surface area contributed by atoms with E-state index < -0.39 is 5.92 Å². The third-order valence-corrected chi connectivity index (χ3v) is 4.27. The number of ether oxygens (including phenoxy) is 2. The lowest BCUT2D eigenvalue weighted by Crippen LogP contribution is -2.39. The standard InChI is InChI=1S/C21H26N2O4/c1-4-17-5-7-19(8-6-17)27-15-20(24)23(13-16(2)21(25)26-3)14-18-9-11-22-12-10-18/h5-12,16H,4,13-15H2,1-3H3. The SMILES string of the molecule is CCc1ccc(OCC(=O)N(Cc2ccncc2)CC(C)C(=O)OC)cc1. The van der Waals surface area contributed by atoms with Gasteiger partial charge in [-0.3, -0.25) is 14.6 Å². The van der Waals surface area contributed by atoms with Gasteiger partial charge >= 0.3 is 5.97 Å². The second-order valence-electron chi connectivity index (χ2n) is 6.34. The normalized spacial score (nSPS) is 11.5. The molecule has 2 rings (SSSR count). The lowest BCUT2D eigenvalue weighted by molar-refractivity contribution is -0.147. The molecular formula is C21H26N2O4. The van der Waals surface area contributed by atoms with Gasteiger partial charge in [-0.1, -0.05) is 26.0 Å². The van der Waals surface area contributed by atoms with E-state index in [-0.39, 0.29) is 25.0 Å². The molecule has 27 heavy (non-hydrogen) atoms. The van der Waals surface area contributed by atoms with Gasteiger partial charge in [-0.2, -0.15) is 0 Å². The molecule has 0 aliphatic heterocycles. The second-order valence-corrected chi connectivity index (χ2v) is 6.34. The van der Waals surface area contributed by atoms with Crippen LogP contribution in [-0.4, -0.2) is 42.0 Å². The van der Waals surface area contributed by atoms with Crippen LogP contribution < -0.4 is 4.74 Å². The van der Waals surface area contributed by atoms with E-state index in [4.69, 9.17) is 9.47 Å². The Morgan fingerprint density at radius 1 is 1.07 bits per heavy atom. The molecule has 0 aliphatic rings. The lowest BCUT2D eigenvalue weighted by Gasteiger charge is -2.25. The molecule has 0 spiro atoms. The molecule has 1 aromatic heterocycles. The van der Waals surface area contributed by atoms with Crippen molar-refractivity contribution in [3.63, 3.8) is 0 Å². The van der Waals surface area contributed by atoms with Crippen LogP contribution in [0.3, 0.4) is 0 Å². The maximum atomic E-state index is 12.7. The van der Waals surface area contributed by atoms with E-state index in [0.717, 1.165) is 12.0 Å². The molecule has 0 radical (unpaired) electrons. The van der Waals surface area contributed by atoms with E-state index >= 15 is 0 Å². The van der Waals surface area contributed by atoms with Gasteiger partial charge in [0.25, 0.3) is 5.91 Å². The summed E-state index contributed by atoms with van der Waals surface area (Å²) in [5.41, 5.74) is 2.14. The quantitative estimate of drug-likeness (QED) is 0.635. The van der Waals surface area contributed by atoms with Crippen molar-refractivity contribution < 1.29 is 19.1 Å². The molecule has 6 nitrogen and oxygen atoms in total. The summed E-state index contributed by atoms with van der Waals surface area (Å²) in [5, 5.41) is 0. The van der Waals surface area contributed by atoms with Crippen molar-refractivity contribution in [2.75, 3.05) is 20.3 Å². The topological polar surface area (TPSA) is 68.7 Å². The molecule has 0 fully saturated rings. The average molecular weight is 370 g/mol. The molecule has 1 unspecified atom stereocenters. The Hall–Kier alpha value is -2.89. The number of nitrogens with zero attached hydrogens (tertiary/aromatic N) is 2. The van der Waals surface area contributed by atoms with E-state index in [1.807, 2.05) is 36.4 Å². The summed E-state index contributed by atoms with van der Waals surface area (Å²) in [6, 6.07) is 11.4. The Kier molecular flexibility index (Phi) is 7.79. The summed E-state index contributed by atoms with van der Waals surface area (Å²) in [7, 11) is 1.34. The number of carbonyl (C=O) groups is 2. The Labute approximate surface area is 160 Å². The first-order valence-electron chi connectivity index (χ1n) is 8.99. The molecule has 6 heteroatoms.